The second kappa shape index (κ2) is 15.4. The van der Waals surface area contributed by atoms with Crippen molar-refractivity contribution < 1.29 is 0 Å². The monoisotopic (exact) mass is 425 g/mol. The van der Waals surface area contributed by atoms with E-state index in [4.69, 9.17) is 4.99 Å². The molecule has 0 fully saturated rings. The van der Waals surface area contributed by atoms with Gasteiger partial charge in [0.25, 0.3) is 0 Å². The summed E-state index contributed by atoms with van der Waals surface area (Å²) in [5.74, 6) is 1.14. The zero-order valence-electron chi connectivity index (χ0n) is 18.0. The van der Waals surface area contributed by atoms with Crippen LogP contribution in [0.3, 0.4) is 0 Å². The SMILES string of the molecule is CCCCCCCCCCSC(C=CSc1ccccc1)=Nc1ccc(C)cc1. The lowest BCUT2D eigenvalue weighted by atomic mass is 10.1. The summed E-state index contributed by atoms with van der Waals surface area (Å²) in [6.45, 7) is 4.39. The molecule has 0 atom stereocenters. The summed E-state index contributed by atoms with van der Waals surface area (Å²) < 4.78 is 0. The fraction of sp³-hybridized carbons (Fsp3) is 0.423. The van der Waals surface area contributed by atoms with Gasteiger partial charge in [-0.2, -0.15) is 0 Å². The third kappa shape index (κ3) is 11.3. The Balaban J connectivity index is 1.81. The van der Waals surface area contributed by atoms with Crippen molar-refractivity contribution in [2.24, 2.45) is 4.99 Å². The van der Waals surface area contributed by atoms with Gasteiger partial charge in [-0.3, -0.25) is 0 Å². The van der Waals surface area contributed by atoms with E-state index >= 15 is 0 Å². The highest BCUT2D eigenvalue weighted by atomic mass is 32.2. The Bertz CT molecular complexity index is 720. The van der Waals surface area contributed by atoms with Gasteiger partial charge in [-0.1, -0.05) is 99.5 Å². The highest BCUT2D eigenvalue weighted by molar-refractivity contribution is 8.14. The topological polar surface area (TPSA) is 12.4 Å². The van der Waals surface area contributed by atoms with Crippen LogP contribution < -0.4 is 0 Å². The third-order valence-electron chi connectivity index (χ3n) is 4.68. The molecule has 0 spiro atoms. The fourth-order valence-electron chi connectivity index (χ4n) is 2.95. The van der Waals surface area contributed by atoms with Crippen LogP contribution in [0.1, 0.15) is 63.9 Å². The van der Waals surface area contributed by atoms with Crippen LogP contribution in [0.25, 0.3) is 0 Å². The van der Waals surface area contributed by atoms with E-state index in [0.717, 1.165) is 16.5 Å². The second-order valence-corrected chi connectivity index (χ2v) is 9.44. The van der Waals surface area contributed by atoms with Crippen molar-refractivity contribution in [3.63, 3.8) is 0 Å². The largest absolute Gasteiger partial charge is 0.242 e. The summed E-state index contributed by atoms with van der Waals surface area (Å²) in [6.07, 6.45) is 13.1. The second-order valence-electron chi connectivity index (χ2n) is 7.34. The van der Waals surface area contributed by atoms with Crippen molar-refractivity contribution in [2.75, 3.05) is 5.75 Å². The maximum absolute atomic E-state index is 4.88. The van der Waals surface area contributed by atoms with Gasteiger partial charge >= 0.3 is 0 Å². The zero-order valence-corrected chi connectivity index (χ0v) is 19.6. The number of aryl methyl sites for hydroxylation is 1. The molecule has 0 amide bonds. The molecular weight excluding hydrogens is 390 g/mol. The van der Waals surface area contributed by atoms with E-state index in [1.165, 1.54) is 61.8 Å². The molecule has 29 heavy (non-hydrogen) atoms. The predicted octanol–water partition coefficient (Wildman–Crippen LogP) is 9.20. The van der Waals surface area contributed by atoms with Crippen LogP contribution in [0.2, 0.25) is 0 Å². The number of rotatable bonds is 13. The lowest BCUT2D eigenvalue weighted by Crippen LogP contribution is -1.90. The average Bonchev–Trinajstić information content (AvgIpc) is 2.74. The molecule has 0 N–H and O–H groups in total. The summed E-state index contributed by atoms with van der Waals surface area (Å²) in [5, 5.41) is 3.25. The summed E-state index contributed by atoms with van der Waals surface area (Å²) in [5.41, 5.74) is 2.30. The Morgan fingerprint density at radius 1 is 0.828 bits per heavy atom. The number of unbranched alkanes of at least 4 members (excludes halogenated alkanes) is 7. The quantitative estimate of drug-likeness (QED) is 0.137. The maximum atomic E-state index is 4.88. The van der Waals surface area contributed by atoms with Crippen molar-refractivity contribution in [1.29, 1.82) is 0 Å². The molecule has 0 aliphatic rings. The molecule has 156 valence electrons. The third-order valence-corrected chi connectivity index (χ3v) is 6.51. The number of hydrogen-bond acceptors (Lipinski definition) is 3. The van der Waals surface area contributed by atoms with Gasteiger partial charge in [0.1, 0.15) is 0 Å². The van der Waals surface area contributed by atoms with E-state index in [9.17, 15) is 0 Å². The molecule has 1 nitrogen and oxygen atoms in total. The molecule has 0 aliphatic carbocycles. The molecule has 0 saturated carbocycles. The molecular formula is C26H35NS2. The first-order chi connectivity index (χ1) is 14.3. The van der Waals surface area contributed by atoms with E-state index in [0.29, 0.717) is 0 Å². The first-order valence-corrected chi connectivity index (χ1v) is 12.8. The molecule has 2 aromatic carbocycles. The van der Waals surface area contributed by atoms with Crippen LogP contribution in [-0.2, 0) is 0 Å². The Morgan fingerprint density at radius 2 is 1.48 bits per heavy atom. The lowest BCUT2D eigenvalue weighted by molar-refractivity contribution is 0.586. The molecule has 3 heteroatoms. The molecule has 0 radical (unpaired) electrons. The first kappa shape index (κ1) is 23.8. The van der Waals surface area contributed by atoms with Crippen LogP contribution in [-0.4, -0.2) is 10.8 Å². The summed E-state index contributed by atoms with van der Waals surface area (Å²) >= 11 is 3.62. The van der Waals surface area contributed by atoms with Crippen LogP contribution in [0, 0.1) is 6.92 Å². The Hall–Kier alpha value is -1.45. The number of benzene rings is 2. The molecule has 0 saturated heterocycles. The van der Waals surface area contributed by atoms with Crippen molar-refractivity contribution in [3.05, 3.63) is 71.6 Å². The van der Waals surface area contributed by atoms with Gasteiger partial charge in [0.2, 0.25) is 0 Å². The minimum Gasteiger partial charge on any atom is -0.242 e. The standard InChI is InChI=1S/C26H35NS2/c1-3-4-5-6-7-8-9-13-21-29-26(27-24-18-16-23(2)17-19-24)20-22-28-25-14-11-10-12-15-25/h10-12,14-20,22H,3-9,13,21H2,1-2H3. The van der Waals surface area contributed by atoms with Gasteiger partial charge in [0.15, 0.2) is 0 Å². The molecule has 2 rings (SSSR count). The van der Waals surface area contributed by atoms with E-state index in [2.05, 4.69) is 79.9 Å². The smallest absolute Gasteiger partial charge is 0.0972 e. The molecule has 2 aromatic rings. The first-order valence-electron chi connectivity index (χ1n) is 10.9. The Labute approximate surface area is 186 Å². The Morgan fingerprint density at radius 3 is 2.17 bits per heavy atom. The molecule has 0 heterocycles. The van der Waals surface area contributed by atoms with Crippen molar-refractivity contribution in [2.45, 2.75) is 70.1 Å². The summed E-state index contributed by atoms with van der Waals surface area (Å²) in [4.78, 5) is 6.13. The molecule has 0 aliphatic heterocycles. The van der Waals surface area contributed by atoms with E-state index in [1.54, 1.807) is 11.8 Å². The zero-order chi connectivity index (χ0) is 20.6. The predicted molar refractivity (Wildman–Crippen MR) is 135 cm³/mol. The van der Waals surface area contributed by atoms with Crippen molar-refractivity contribution in [1.82, 2.24) is 0 Å². The number of nitrogens with zero attached hydrogens (tertiary/aromatic N) is 1. The molecule has 0 aromatic heterocycles. The number of thioether (sulfide) groups is 2. The minimum absolute atomic E-state index is 1.03. The van der Waals surface area contributed by atoms with Crippen LogP contribution in [0.15, 0.2) is 76.0 Å². The molecule has 0 bridgehead atoms. The van der Waals surface area contributed by atoms with Gasteiger partial charge in [0.05, 0.1) is 10.7 Å². The lowest BCUT2D eigenvalue weighted by Gasteiger charge is -2.04. The van der Waals surface area contributed by atoms with Gasteiger partial charge in [0, 0.05) is 4.90 Å². The Kier molecular flexibility index (Phi) is 12.7. The van der Waals surface area contributed by atoms with Crippen molar-refractivity contribution >= 4 is 34.3 Å². The van der Waals surface area contributed by atoms with Crippen LogP contribution in [0.4, 0.5) is 5.69 Å². The van der Waals surface area contributed by atoms with E-state index in [-0.39, 0.29) is 0 Å². The van der Waals surface area contributed by atoms with Crippen LogP contribution in [0.5, 0.6) is 0 Å². The van der Waals surface area contributed by atoms with Gasteiger partial charge < -0.3 is 0 Å². The van der Waals surface area contributed by atoms with Crippen molar-refractivity contribution in [3.8, 4) is 0 Å². The fourth-order valence-corrected chi connectivity index (χ4v) is 4.59. The van der Waals surface area contributed by atoms with Crippen LogP contribution >= 0.6 is 23.5 Å². The highest BCUT2D eigenvalue weighted by Crippen LogP contribution is 2.22. The maximum Gasteiger partial charge on any atom is 0.0972 e. The summed E-state index contributed by atoms with van der Waals surface area (Å²) in [6, 6.07) is 18.9. The highest BCUT2D eigenvalue weighted by Gasteiger charge is 1.99. The van der Waals surface area contributed by atoms with Gasteiger partial charge in [-0.05, 0) is 54.8 Å². The van der Waals surface area contributed by atoms with Gasteiger partial charge in [-0.25, -0.2) is 4.99 Å². The summed E-state index contributed by atoms with van der Waals surface area (Å²) in [7, 11) is 0. The van der Waals surface area contributed by atoms with E-state index in [1.807, 2.05) is 11.8 Å². The van der Waals surface area contributed by atoms with E-state index < -0.39 is 0 Å². The number of hydrogen-bond donors (Lipinski definition) is 0. The molecule has 0 unspecified atom stereocenters. The van der Waals surface area contributed by atoms with Gasteiger partial charge in [-0.15, -0.1) is 11.8 Å². The number of aliphatic imine (C=N–C) groups is 1. The minimum atomic E-state index is 1.03. The average molecular weight is 426 g/mol. The normalized spacial score (nSPS) is 12.0.